The number of halogens is 1. The standard InChI is InChI=1S/C12H16ClNO3S/c13-18(15,16)11-7-4-8-14-12(11)17-9-10-5-2-1-3-6-10/h4,7-8,10H,1-3,5-6,9H2. The van der Waals surface area contributed by atoms with Crippen molar-refractivity contribution in [1.82, 2.24) is 4.98 Å². The summed E-state index contributed by atoms with van der Waals surface area (Å²) >= 11 is 0. The molecule has 1 aliphatic carbocycles. The molecule has 18 heavy (non-hydrogen) atoms. The predicted octanol–water partition coefficient (Wildman–Crippen LogP) is 2.97. The van der Waals surface area contributed by atoms with Gasteiger partial charge in [-0.25, -0.2) is 13.4 Å². The highest BCUT2D eigenvalue weighted by Gasteiger charge is 2.20. The minimum absolute atomic E-state index is 0.0533. The summed E-state index contributed by atoms with van der Waals surface area (Å²) in [6, 6.07) is 2.94. The molecule has 0 unspecified atom stereocenters. The lowest BCUT2D eigenvalue weighted by atomic mass is 9.90. The van der Waals surface area contributed by atoms with Crippen molar-refractivity contribution < 1.29 is 13.2 Å². The Balaban J connectivity index is 2.05. The summed E-state index contributed by atoms with van der Waals surface area (Å²) in [7, 11) is 1.54. The highest BCUT2D eigenvalue weighted by atomic mass is 35.7. The van der Waals surface area contributed by atoms with Gasteiger partial charge in [-0.1, -0.05) is 19.3 Å². The summed E-state index contributed by atoms with van der Waals surface area (Å²) < 4.78 is 28.2. The topological polar surface area (TPSA) is 56.3 Å². The largest absolute Gasteiger partial charge is 0.476 e. The van der Waals surface area contributed by atoms with Crippen molar-refractivity contribution in [3.63, 3.8) is 0 Å². The molecule has 0 bridgehead atoms. The van der Waals surface area contributed by atoms with Crippen molar-refractivity contribution in [3.8, 4) is 5.88 Å². The molecule has 1 aromatic rings. The molecule has 0 N–H and O–H groups in total. The molecule has 0 aliphatic heterocycles. The number of pyridine rings is 1. The molecule has 1 fully saturated rings. The van der Waals surface area contributed by atoms with Crippen LogP contribution in [-0.2, 0) is 9.05 Å². The fourth-order valence-corrected chi connectivity index (χ4v) is 3.13. The Morgan fingerprint density at radius 1 is 1.33 bits per heavy atom. The van der Waals surface area contributed by atoms with Gasteiger partial charge in [0.2, 0.25) is 5.88 Å². The lowest BCUT2D eigenvalue weighted by Crippen LogP contribution is -2.16. The lowest BCUT2D eigenvalue weighted by Gasteiger charge is -2.21. The van der Waals surface area contributed by atoms with Crippen LogP contribution in [0.15, 0.2) is 23.2 Å². The van der Waals surface area contributed by atoms with E-state index in [0.717, 1.165) is 12.8 Å². The smallest absolute Gasteiger partial charge is 0.266 e. The van der Waals surface area contributed by atoms with Crippen molar-refractivity contribution >= 4 is 19.7 Å². The van der Waals surface area contributed by atoms with Gasteiger partial charge in [0.1, 0.15) is 4.90 Å². The van der Waals surface area contributed by atoms with Gasteiger partial charge in [-0.3, -0.25) is 0 Å². The predicted molar refractivity (Wildman–Crippen MR) is 69.3 cm³/mol. The van der Waals surface area contributed by atoms with Crippen molar-refractivity contribution in [3.05, 3.63) is 18.3 Å². The van der Waals surface area contributed by atoms with Crippen LogP contribution in [0.1, 0.15) is 32.1 Å². The number of ether oxygens (including phenoxy) is 1. The van der Waals surface area contributed by atoms with E-state index < -0.39 is 9.05 Å². The molecule has 1 aromatic heterocycles. The van der Waals surface area contributed by atoms with Crippen LogP contribution in [0.25, 0.3) is 0 Å². The molecule has 0 amide bonds. The van der Waals surface area contributed by atoms with E-state index in [-0.39, 0.29) is 10.8 Å². The fourth-order valence-electron chi connectivity index (χ4n) is 2.22. The van der Waals surface area contributed by atoms with Crippen LogP contribution in [0.4, 0.5) is 0 Å². The van der Waals surface area contributed by atoms with Gasteiger partial charge in [0.25, 0.3) is 9.05 Å². The minimum Gasteiger partial charge on any atom is -0.476 e. The van der Waals surface area contributed by atoms with Crippen molar-refractivity contribution in [2.45, 2.75) is 37.0 Å². The Bertz CT molecular complexity index is 498. The highest BCUT2D eigenvalue weighted by Crippen LogP contribution is 2.27. The molecular formula is C12H16ClNO3S. The summed E-state index contributed by atoms with van der Waals surface area (Å²) in [5, 5.41) is 0. The zero-order valence-electron chi connectivity index (χ0n) is 10.0. The Kier molecular flexibility index (Phi) is 4.45. The number of nitrogens with zero attached hydrogens (tertiary/aromatic N) is 1. The Labute approximate surface area is 112 Å². The van der Waals surface area contributed by atoms with Crippen molar-refractivity contribution in [2.75, 3.05) is 6.61 Å². The molecule has 0 aromatic carbocycles. The first kappa shape index (κ1) is 13.6. The summed E-state index contributed by atoms with van der Waals surface area (Å²) in [6.07, 6.45) is 7.49. The maximum atomic E-state index is 11.4. The molecule has 100 valence electrons. The third-order valence-electron chi connectivity index (χ3n) is 3.18. The second kappa shape index (κ2) is 5.89. The van der Waals surface area contributed by atoms with Gasteiger partial charge in [0.15, 0.2) is 0 Å². The second-order valence-corrected chi connectivity index (χ2v) is 7.09. The van der Waals surface area contributed by atoms with E-state index in [4.69, 9.17) is 15.4 Å². The van der Waals surface area contributed by atoms with E-state index >= 15 is 0 Å². The minimum atomic E-state index is -3.80. The van der Waals surface area contributed by atoms with Crippen LogP contribution in [-0.4, -0.2) is 20.0 Å². The molecule has 0 spiro atoms. The molecule has 2 rings (SSSR count). The van der Waals surface area contributed by atoms with Gasteiger partial charge in [0.05, 0.1) is 6.61 Å². The molecule has 6 heteroatoms. The van der Waals surface area contributed by atoms with Crippen LogP contribution in [0, 0.1) is 5.92 Å². The zero-order valence-corrected chi connectivity index (χ0v) is 11.6. The van der Waals surface area contributed by atoms with Crippen LogP contribution in [0.2, 0.25) is 0 Å². The van der Waals surface area contributed by atoms with Crippen LogP contribution in [0.3, 0.4) is 0 Å². The van der Waals surface area contributed by atoms with Crippen LogP contribution in [0.5, 0.6) is 5.88 Å². The van der Waals surface area contributed by atoms with Crippen LogP contribution >= 0.6 is 10.7 Å². The first-order valence-electron chi connectivity index (χ1n) is 6.10. The van der Waals surface area contributed by atoms with E-state index in [1.807, 2.05) is 0 Å². The molecule has 0 saturated heterocycles. The van der Waals surface area contributed by atoms with E-state index in [1.165, 1.54) is 37.6 Å². The van der Waals surface area contributed by atoms with Crippen molar-refractivity contribution in [1.29, 1.82) is 0 Å². The molecule has 1 aliphatic rings. The number of rotatable bonds is 4. The van der Waals surface area contributed by atoms with Gasteiger partial charge >= 0.3 is 0 Å². The Morgan fingerprint density at radius 3 is 2.72 bits per heavy atom. The fraction of sp³-hybridized carbons (Fsp3) is 0.583. The average molecular weight is 290 g/mol. The highest BCUT2D eigenvalue weighted by molar-refractivity contribution is 8.13. The van der Waals surface area contributed by atoms with Crippen LogP contribution < -0.4 is 4.74 Å². The van der Waals surface area contributed by atoms with E-state index in [0.29, 0.717) is 12.5 Å². The van der Waals surface area contributed by atoms with E-state index in [2.05, 4.69) is 4.98 Å². The summed E-state index contributed by atoms with van der Waals surface area (Å²) in [5.41, 5.74) is 0. The monoisotopic (exact) mass is 289 g/mol. The van der Waals surface area contributed by atoms with Gasteiger partial charge in [-0.15, -0.1) is 0 Å². The number of aromatic nitrogens is 1. The summed E-state index contributed by atoms with van der Waals surface area (Å²) in [4.78, 5) is 3.89. The van der Waals surface area contributed by atoms with E-state index in [1.54, 1.807) is 0 Å². The lowest BCUT2D eigenvalue weighted by molar-refractivity contribution is 0.198. The summed E-state index contributed by atoms with van der Waals surface area (Å²) in [6.45, 7) is 0.510. The SMILES string of the molecule is O=S(=O)(Cl)c1cccnc1OCC1CCCCC1. The van der Waals surface area contributed by atoms with E-state index in [9.17, 15) is 8.42 Å². The molecule has 0 atom stereocenters. The first-order valence-corrected chi connectivity index (χ1v) is 8.41. The van der Waals surface area contributed by atoms with Gasteiger partial charge in [-0.2, -0.15) is 0 Å². The third-order valence-corrected chi connectivity index (χ3v) is 4.51. The molecule has 0 radical (unpaired) electrons. The van der Waals surface area contributed by atoms with Crippen molar-refractivity contribution in [2.24, 2.45) is 5.92 Å². The zero-order chi connectivity index (χ0) is 13.0. The maximum absolute atomic E-state index is 11.4. The van der Waals surface area contributed by atoms with Gasteiger partial charge in [-0.05, 0) is 30.9 Å². The maximum Gasteiger partial charge on any atom is 0.266 e. The third kappa shape index (κ3) is 3.59. The molecule has 1 saturated carbocycles. The first-order chi connectivity index (χ1) is 8.57. The average Bonchev–Trinajstić information content (AvgIpc) is 2.37. The van der Waals surface area contributed by atoms with Gasteiger partial charge in [0, 0.05) is 16.9 Å². The Morgan fingerprint density at radius 2 is 2.06 bits per heavy atom. The molecule has 1 heterocycles. The number of hydrogen-bond donors (Lipinski definition) is 0. The van der Waals surface area contributed by atoms with Gasteiger partial charge < -0.3 is 4.74 Å². The second-order valence-electron chi connectivity index (χ2n) is 4.56. The molecule has 4 nitrogen and oxygen atoms in total. The number of hydrogen-bond acceptors (Lipinski definition) is 4. The molecular weight excluding hydrogens is 274 g/mol. The normalized spacial score (nSPS) is 17.6. The Hall–Kier alpha value is -0.810. The summed E-state index contributed by atoms with van der Waals surface area (Å²) in [5.74, 6) is 0.602. The quantitative estimate of drug-likeness (QED) is 0.800.